The quantitative estimate of drug-likeness (QED) is 0.434. The van der Waals surface area contributed by atoms with E-state index in [1.54, 1.807) is 10.4 Å². The fourth-order valence-electron chi connectivity index (χ4n) is 3.20. The Morgan fingerprint density at radius 2 is 1.05 bits per heavy atom. The van der Waals surface area contributed by atoms with Gasteiger partial charge in [-0.25, -0.2) is 0 Å². The first-order valence-corrected chi connectivity index (χ1v) is 10.9. The van der Waals surface area contributed by atoms with Crippen molar-refractivity contribution in [3.05, 3.63) is 46.8 Å². The number of hydrogen-bond donors (Lipinski definition) is 0. The van der Waals surface area contributed by atoms with Crippen LogP contribution >= 0.6 is 0 Å². The molecule has 2 aliphatic rings. The molecule has 0 nitrogen and oxygen atoms in total. The second-order valence-electron chi connectivity index (χ2n) is 6.26. The van der Waals surface area contributed by atoms with Gasteiger partial charge in [-0.3, -0.25) is 0 Å². The molecule has 2 aliphatic carbocycles. The fourth-order valence-corrected chi connectivity index (χ4v) is 6.46. The highest BCUT2D eigenvalue weighted by Crippen LogP contribution is 2.32. The van der Waals surface area contributed by atoms with Gasteiger partial charge in [0.25, 0.3) is 0 Å². The SMILES string of the molecule is C[Si](C)(/C1=C/CC/C=C\CC1)/C1=C/CC/C=C\CC1. The molecule has 0 aromatic heterocycles. The van der Waals surface area contributed by atoms with Crippen LogP contribution in [0.15, 0.2) is 46.8 Å². The minimum absolute atomic E-state index is 1.23. The first-order valence-electron chi connectivity index (χ1n) is 7.90. The Labute approximate surface area is 120 Å². The predicted molar refractivity (Wildman–Crippen MR) is 88.9 cm³/mol. The van der Waals surface area contributed by atoms with Gasteiger partial charge in [0, 0.05) is 0 Å². The lowest BCUT2D eigenvalue weighted by molar-refractivity contribution is 0.920. The van der Waals surface area contributed by atoms with Gasteiger partial charge in [-0.2, -0.15) is 0 Å². The van der Waals surface area contributed by atoms with E-state index in [2.05, 4.69) is 49.6 Å². The van der Waals surface area contributed by atoms with Crippen molar-refractivity contribution in [1.82, 2.24) is 0 Å². The van der Waals surface area contributed by atoms with E-state index in [0.29, 0.717) is 0 Å². The first kappa shape index (κ1) is 14.6. The van der Waals surface area contributed by atoms with Gasteiger partial charge >= 0.3 is 0 Å². The molecule has 0 N–H and O–H groups in total. The van der Waals surface area contributed by atoms with Crippen LogP contribution in [0.5, 0.6) is 0 Å². The molecule has 0 heterocycles. The molecule has 0 aromatic carbocycles. The summed E-state index contributed by atoms with van der Waals surface area (Å²) in [6, 6.07) is 0. The normalized spacial score (nSPS) is 30.6. The maximum Gasteiger partial charge on any atom is 0.102 e. The van der Waals surface area contributed by atoms with Gasteiger partial charge < -0.3 is 0 Å². The molecule has 0 amide bonds. The average molecular weight is 273 g/mol. The van der Waals surface area contributed by atoms with Crippen LogP contribution in [0.1, 0.15) is 51.4 Å². The smallest absolute Gasteiger partial charge is 0.0885 e. The molecule has 1 heteroatoms. The van der Waals surface area contributed by atoms with Gasteiger partial charge in [0.1, 0.15) is 8.07 Å². The van der Waals surface area contributed by atoms with Crippen LogP contribution in [-0.2, 0) is 0 Å². The van der Waals surface area contributed by atoms with Crippen molar-refractivity contribution in [1.29, 1.82) is 0 Å². The Balaban J connectivity index is 2.14. The Kier molecular flexibility index (Phi) is 5.44. The lowest BCUT2D eigenvalue weighted by Crippen LogP contribution is -2.33. The van der Waals surface area contributed by atoms with Crippen LogP contribution < -0.4 is 0 Å². The van der Waals surface area contributed by atoms with Crippen molar-refractivity contribution in [3.63, 3.8) is 0 Å². The van der Waals surface area contributed by atoms with Gasteiger partial charge in [0.15, 0.2) is 0 Å². The first-order chi connectivity index (χ1) is 9.21. The summed E-state index contributed by atoms with van der Waals surface area (Å²) in [5, 5.41) is 3.60. The molecule has 0 unspecified atom stereocenters. The van der Waals surface area contributed by atoms with Crippen molar-refractivity contribution < 1.29 is 0 Å². The second kappa shape index (κ2) is 7.09. The maximum atomic E-state index is 2.57. The largest absolute Gasteiger partial charge is 0.102 e. The Bertz CT molecular complexity index is 369. The van der Waals surface area contributed by atoms with Crippen molar-refractivity contribution in [2.24, 2.45) is 0 Å². The molecule has 0 radical (unpaired) electrons. The van der Waals surface area contributed by atoms with E-state index in [-0.39, 0.29) is 0 Å². The second-order valence-corrected chi connectivity index (χ2v) is 10.8. The zero-order valence-electron chi connectivity index (χ0n) is 12.6. The molecule has 0 fully saturated rings. The molecule has 2 rings (SSSR count). The van der Waals surface area contributed by atoms with E-state index < -0.39 is 8.07 Å². The molecule has 0 saturated heterocycles. The van der Waals surface area contributed by atoms with Crippen molar-refractivity contribution in [3.8, 4) is 0 Å². The third-order valence-electron chi connectivity index (χ3n) is 4.55. The predicted octanol–water partition coefficient (Wildman–Crippen LogP) is 5.89. The topological polar surface area (TPSA) is 0 Å². The number of rotatable bonds is 2. The molecule has 0 aromatic rings. The third-order valence-corrected chi connectivity index (χ3v) is 8.67. The van der Waals surface area contributed by atoms with Gasteiger partial charge in [-0.15, -0.1) is 0 Å². The van der Waals surface area contributed by atoms with Crippen LogP contribution in [0.25, 0.3) is 0 Å². The van der Waals surface area contributed by atoms with Crippen molar-refractivity contribution in [2.45, 2.75) is 64.5 Å². The van der Waals surface area contributed by atoms with Crippen molar-refractivity contribution >= 4 is 8.07 Å². The lowest BCUT2D eigenvalue weighted by atomic mass is 10.1. The number of allylic oxidation sites excluding steroid dienone is 8. The molecule has 19 heavy (non-hydrogen) atoms. The van der Waals surface area contributed by atoms with Crippen molar-refractivity contribution in [2.75, 3.05) is 0 Å². The Hall–Kier alpha value is -0.823. The van der Waals surface area contributed by atoms with E-state index in [9.17, 15) is 0 Å². The summed E-state index contributed by atoms with van der Waals surface area (Å²) < 4.78 is 0. The zero-order chi connectivity index (χ0) is 13.6. The van der Waals surface area contributed by atoms with Gasteiger partial charge in [-0.1, -0.05) is 59.9 Å². The summed E-state index contributed by atoms with van der Waals surface area (Å²) in [5.41, 5.74) is 0. The molecular formula is C18H28Si. The molecule has 0 atom stereocenters. The third kappa shape index (κ3) is 4.07. The molecule has 0 saturated carbocycles. The minimum atomic E-state index is -1.36. The van der Waals surface area contributed by atoms with E-state index in [0.717, 1.165) is 0 Å². The summed E-state index contributed by atoms with van der Waals surface area (Å²) in [7, 11) is -1.36. The van der Waals surface area contributed by atoms with E-state index in [4.69, 9.17) is 0 Å². The highest BCUT2D eigenvalue weighted by Gasteiger charge is 2.29. The average Bonchev–Trinajstić information content (AvgIpc) is 2.26. The number of hydrogen-bond acceptors (Lipinski definition) is 0. The van der Waals surface area contributed by atoms with Gasteiger partial charge in [0.2, 0.25) is 0 Å². The van der Waals surface area contributed by atoms with Crippen LogP contribution in [0.2, 0.25) is 13.1 Å². The minimum Gasteiger partial charge on any atom is -0.0885 e. The van der Waals surface area contributed by atoms with Crippen LogP contribution in [0.3, 0.4) is 0 Å². The molecule has 104 valence electrons. The van der Waals surface area contributed by atoms with Gasteiger partial charge in [0.05, 0.1) is 0 Å². The van der Waals surface area contributed by atoms with Gasteiger partial charge in [-0.05, 0) is 51.4 Å². The van der Waals surface area contributed by atoms with Crippen LogP contribution in [-0.4, -0.2) is 8.07 Å². The lowest BCUT2D eigenvalue weighted by Gasteiger charge is -2.31. The summed E-state index contributed by atoms with van der Waals surface area (Å²) in [6.45, 7) is 5.14. The van der Waals surface area contributed by atoms with E-state index >= 15 is 0 Å². The summed E-state index contributed by atoms with van der Waals surface area (Å²) in [5.74, 6) is 0. The standard InChI is InChI=1S/C18H28Si/c1-19(2,17-13-9-5-3-6-10-14-17)18-15-11-7-4-8-12-16-18/h3-5,7,14,16H,6,8-13,15H2,1-2H3/b5-3-,7-4-,17-14+,18-16+. The molecule has 0 bridgehead atoms. The summed E-state index contributed by atoms with van der Waals surface area (Å²) in [4.78, 5) is 0. The Morgan fingerprint density at radius 1 is 0.632 bits per heavy atom. The molecule has 0 aliphatic heterocycles. The van der Waals surface area contributed by atoms with E-state index in [1.807, 2.05) is 0 Å². The molecule has 0 spiro atoms. The summed E-state index contributed by atoms with van der Waals surface area (Å²) in [6.07, 6.45) is 24.6. The van der Waals surface area contributed by atoms with E-state index in [1.165, 1.54) is 51.4 Å². The fraction of sp³-hybridized carbons (Fsp3) is 0.556. The zero-order valence-corrected chi connectivity index (χ0v) is 13.6. The maximum absolute atomic E-state index is 2.57. The van der Waals surface area contributed by atoms with Crippen LogP contribution in [0.4, 0.5) is 0 Å². The van der Waals surface area contributed by atoms with Crippen LogP contribution in [0, 0.1) is 0 Å². The monoisotopic (exact) mass is 272 g/mol. The molecular weight excluding hydrogens is 244 g/mol. The summed E-state index contributed by atoms with van der Waals surface area (Å²) >= 11 is 0. The Morgan fingerprint density at radius 3 is 1.53 bits per heavy atom. The highest BCUT2D eigenvalue weighted by molar-refractivity contribution is 6.90. The highest BCUT2D eigenvalue weighted by atomic mass is 28.3.